The molecule has 0 aromatic carbocycles. The number of aromatic nitrogens is 1. The fourth-order valence-electron chi connectivity index (χ4n) is 1.07. The minimum Gasteiger partial charge on any atom is -0.311 e. The van der Waals surface area contributed by atoms with Crippen LogP contribution in [0.5, 0.6) is 0 Å². The molecular formula is C11H11BrN2O. The van der Waals surface area contributed by atoms with Crippen molar-refractivity contribution in [3.05, 3.63) is 23.4 Å². The Hall–Kier alpha value is -1.34. The lowest BCUT2D eigenvalue weighted by atomic mass is 10.2. The number of nitrogens with one attached hydrogen (secondary N) is 1. The number of carbonyl (C=O) groups excluding carboxylic acids is 1. The number of carbonyl (C=O) groups is 1. The molecule has 1 heterocycles. The van der Waals surface area contributed by atoms with Gasteiger partial charge in [0.15, 0.2) is 0 Å². The Morgan fingerprint density at radius 2 is 2.33 bits per heavy atom. The van der Waals surface area contributed by atoms with Crippen LogP contribution < -0.4 is 5.32 Å². The fraction of sp³-hybridized carbons (Fsp3) is 0.273. The number of amides is 1. The van der Waals surface area contributed by atoms with Gasteiger partial charge in [-0.05, 0) is 19.1 Å². The number of nitrogens with zero attached hydrogens (tertiary/aromatic N) is 1. The molecule has 78 valence electrons. The summed E-state index contributed by atoms with van der Waals surface area (Å²) in [4.78, 5) is 15.0. The Labute approximate surface area is 97.4 Å². The third-order valence-corrected chi connectivity index (χ3v) is 1.96. The van der Waals surface area contributed by atoms with Gasteiger partial charge in [0.25, 0.3) is 0 Å². The summed E-state index contributed by atoms with van der Waals surface area (Å²) in [5.74, 6) is 6.31. The summed E-state index contributed by atoms with van der Waals surface area (Å²) in [6, 6.07) is 3.59. The molecule has 0 saturated carbocycles. The Morgan fingerprint density at radius 1 is 1.60 bits per heavy atom. The number of hydrogen-bond donors (Lipinski definition) is 1. The van der Waals surface area contributed by atoms with Crippen molar-refractivity contribution < 1.29 is 4.79 Å². The lowest BCUT2D eigenvalue weighted by Crippen LogP contribution is -2.08. The zero-order valence-electron chi connectivity index (χ0n) is 8.60. The van der Waals surface area contributed by atoms with Crippen molar-refractivity contribution in [3.8, 4) is 11.8 Å². The highest BCUT2D eigenvalue weighted by molar-refractivity contribution is 9.09. The molecule has 15 heavy (non-hydrogen) atoms. The highest BCUT2D eigenvalue weighted by atomic mass is 79.9. The first-order valence-corrected chi connectivity index (χ1v) is 5.55. The van der Waals surface area contributed by atoms with Gasteiger partial charge in [-0.1, -0.05) is 27.8 Å². The molecule has 0 aliphatic heterocycles. The smallest absolute Gasteiger partial charge is 0.222 e. The van der Waals surface area contributed by atoms with E-state index in [-0.39, 0.29) is 5.91 Å². The average Bonchev–Trinajstić information content (AvgIpc) is 2.15. The van der Waals surface area contributed by atoms with Crippen LogP contribution >= 0.6 is 15.9 Å². The summed E-state index contributed by atoms with van der Waals surface area (Å²) in [7, 11) is 0. The van der Waals surface area contributed by atoms with Crippen molar-refractivity contribution in [2.24, 2.45) is 0 Å². The quantitative estimate of drug-likeness (QED) is 0.625. The third kappa shape index (κ3) is 3.72. The summed E-state index contributed by atoms with van der Waals surface area (Å²) < 4.78 is 0. The largest absolute Gasteiger partial charge is 0.311 e. The first-order valence-electron chi connectivity index (χ1n) is 4.43. The number of hydrogen-bond acceptors (Lipinski definition) is 2. The predicted molar refractivity (Wildman–Crippen MR) is 63.9 cm³/mol. The number of anilines is 1. The first kappa shape index (κ1) is 11.7. The maximum absolute atomic E-state index is 10.8. The summed E-state index contributed by atoms with van der Waals surface area (Å²) in [6.45, 7) is 3.32. The highest BCUT2D eigenvalue weighted by Crippen LogP contribution is 2.09. The van der Waals surface area contributed by atoms with Gasteiger partial charge in [0.2, 0.25) is 5.91 Å². The molecule has 0 aliphatic carbocycles. The number of pyridine rings is 1. The average molecular weight is 267 g/mol. The van der Waals surface area contributed by atoms with Gasteiger partial charge in [-0.15, -0.1) is 0 Å². The third-order valence-electron chi connectivity index (χ3n) is 1.68. The SMILES string of the molecule is CC(=O)Nc1ccc(C#CCBr)c(C)n1. The molecule has 0 spiro atoms. The standard InChI is InChI=1S/C11H11BrN2O/c1-8-10(4-3-7-12)5-6-11(13-8)14-9(2)15/h5-6H,7H2,1-2H3,(H,13,14,15). The van der Waals surface area contributed by atoms with Gasteiger partial charge < -0.3 is 5.32 Å². The molecule has 1 amide bonds. The van der Waals surface area contributed by atoms with Crippen LogP contribution in [0.25, 0.3) is 0 Å². The van der Waals surface area contributed by atoms with Gasteiger partial charge in [-0.25, -0.2) is 4.98 Å². The Kier molecular flexibility index (Phi) is 4.32. The Morgan fingerprint density at radius 3 is 2.87 bits per heavy atom. The second-order valence-corrected chi connectivity index (χ2v) is 3.51. The van der Waals surface area contributed by atoms with Gasteiger partial charge in [-0.2, -0.15) is 0 Å². The van der Waals surface area contributed by atoms with Crippen LogP contribution in [-0.2, 0) is 4.79 Å². The van der Waals surface area contributed by atoms with Crippen molar-refractivity contribution in [2.45, 2.75) is 13.8 Å². The van der Waals surface area contributed by atoms with Crippen LogP contribution in [0.3, 0.4) is 0 Å². The van der Waals surface area contributed by atoms with E-state index in [0.717, 1.165) is 11.3 Å². The summed E-state index contributed by atoms with van der Waals surface area (Å²) in [5, 5.41) is 3.26. The Balaban J connectivity index is 2.92. The van der Waals surface area contributed by atoms with E-state index < -0.39 is 0 Å². The van der Waals surface area contributed by atoms with Crippen LogP contribution in [0.2, 0.25) is 0 Å². The molecule has 3 nitrogen and oxygen atoms in total. The lowest BCUT2D eigenvalue weighted by molar-refractivity contribution is -0.114. The number of halogens is 1. The minimum atomic E-state index is -0.124. The molecule has 1 N–H and O–H groups in total. The number of aryl methyl sites for hydroxylation is 1. The summed E-state index contributed by atoms with van der Waals surface area (Å²) in [6.07, 6.45) is 0. The van der Waals surface area contributed by atoms with Crippen LogP contribution in [-0.4, -0.2) is 16.2 Å². The van der Waals surface area contributed by atoms with E-state index in [1.54, 1.807) is 6.07 Å². The monoisotopic (exact) mass is 266 g/mol. The first-order chi connectivity index (χ1) is 7.13. The highest BCUT2D eigenvalue weighted by Gasteiger charge is 2.00. The van der Waals surface area contributed by atoms with E-state index in [1.165, 1.54) is 6.92 Å². The van der Waals surface area contributed by atoms with Crippen LogP contribution in [0.15, 0.2) is 12.1 Å². The fourth-order valence-corrected chi connectivity index (χ4v) is 1.21. The van der Waals surface area contributed by atoms with E-state index in [0.29, 0.717) is 11.1 Å². The molecule has 0 unspecified atom stereocenters. The van der Waals surface area contributed by atoms with Gasteiger partial charge in [0, 0.05) is 12.5 Å². The summed E-state index contributed by atoms with van der Waals surface area (Å²) in [5.41, 5.74) is 1.69. The van der Waals surface area contributed by atoms with Gasteiger partial charge in [0.05, 0.1) is 11.0 Å². The predicted octanol–water partition coefficient (Wildman–Crippen LogP) is 2.09. The van der Waals surface area contributed by atoms with Crippen LogP contribution in [0.4, 0.5) is 5.82 Å². The minimum absolute atomic E-state index is 0.124. The second-order valence-electron chi connectivity index (χ2n) is 2.95. The molecule has 0 bridgehead atoms. The molecule has 0 saturated heterocycles. The molecule has 4 heteroatoms. The second kappa shape index (κ2) is 5.52. The number of alkyl halides is 1. The molecule has 1 rings (SSSR count). The molecule has 0 atom stereocenters. The molecule has 0 aliphatic rings. The van der Waals surface area contributed by atoms with Gasteiger partial charge in [0.1, 0.15) is 5.82 Å². The van der Waals surface area contributed by atoms with Crippen molar-refractivity contribution in [3.63, 3.8) is 0 Å². The Bertz CT molecular complexity index is 432. The molecule has 1 aromatic heterocycles. The zero-order chi connectivity index (χ0) is 11.3. The zero-order valence-corrected chi connectivity index (χ0v) is 10.2. The van der Waals surface area contributed by atoms with Crippen molar-refractivity contribution >= 4 is 27.7 Å². The molecule has 0 fully saturated rings. The van der Waals surface area contributed by atoms with Crippen molar-refractivity contribution in [1.82, 2.24) is 4.98 Å². The van der Waals surface area contributed by atoms with E-state index in [2.05, 4.69) is 38.1 Å². The van der Waals surface area contributed by atoms with Crippen LogP contribution in [0, 0.1) is 18.8 Å². The van der Waals surface area contributed by atoms with E-state index in [4.69, 9.17) is 0 Å². The number of rotatable bonds is 1. The molecule has 1 aromatic rings. The molecule has 0 radical (unpaired) electrons. The topological polar surface area (TPSA) is 42.0 Å². The van der Waals surface area contributed by atoms with E-state index >= 15 is 0 Å². The van der Waals surface area contributed by atoms with Gasteiger partial charge in [-0.3, -0.25) is 4.79 Å². The summed E-state index contributed by atoms with van der Waals surface area (Å²) >= 11 is 3.23. The van der Waals surface area contributed by atoms with Crippen molar-refractivity contribution in [1.29, 1.82) is 0 Å². The van der Waals surface area contributed by atoms with Crippen LogP contribution in [0.1, 0.15) is 18.2 Å². The van der Waals surface area contributed by atoms with Crippen molar-refractivity contribution in [2.75, 3.05) is 10.6 Å². The normalized spacial score (nSPS) is 9.00. The van der Waals surface area contributed by atoms with E-state index in [1.807, 2.05) is 13.0 Å². The maximum atomic E-state index is 10.8. The van der Waals surface area contributed by atoms with Gasteiger partial charge >= 0.3 is 0 Å². The molecular weight excluding hydrogens is 256 g/mol. The maximum Gasteiger partial charge on any atom is 0.222 e. The van der Waals surface area contributed by atoms with E-state index in [9.17, 15) is 4.79 Å². The lowest BCUT2D eigenvalue weighted by Gasteiger charge is -2.03.